The molecule has 1 aliphatic heterocycles. The fourth-order valence-corrected chi connectivity index (χ4v) is 6.77. The zero-order chi connectivity index (χ0) is 31.8. The monoisotopic (exact) mass is 667 g/mol. The van der Waals surface area contributed by atoms with Crippen molar-refractivity contribution >= 4 is 44.7 Å². The molecular formula is C28H25ClF3N5O5S2. The Balaban J connectivity index is 1.60. The first-order valence-electron chi connectivity index (χ1n) is 13.1. The lowest BCUT2D eigenvalue weighted by Crippen LogP contribution is -2.45. The maximum absolute atomic E-state index is 16.1. The topological polar surface area (TPSA) is 124 Å². The van der Waals surface area contributed by atoms with E-state index in [0.717, 1.165) is 23.5 Å². The van der Waals surface area contributed by atoms with Gasteiger partial charge in [-0.1, -0.05) is 6.07 Å². The van der Waals surface area contributed by atoms with Crippen molar-refractivity contribution in [1.82, 2.24) is 19.9 Å². The Morgan fingerprint density at radius 3 is 2.66 bits per heavy atom. The van der Waals surface area contributed by atoms with Gasteiger partial charge in [0.2, 0.25) is 5.28 Å². The summed E-state index contributed by atoms with van der Waals surface area (Å²) in [5.74, 6) is -3.25. The molecule has 1 atom stereocenters. The molecule has 2 aromatic heterocycles. The molecule has 1 aliphatic rings. The number of halogens is 4. The summed E-state index contributed by atoms with van der Waals surface area (Å²) >= 11 is 7.15. The zero-order valence-corrected chi connectivity index (χ0v) is 25.9. The summed E-state index contributed by atoms with van der Waals surface area (Å²) in [6.45, 7) is 5.79. The lowest BCUT2D eigenvalue weighted by molar-refractivity contribution is -0.0331. The van der Waals surface area contributed by atoms with Gasteiger partial charge in [0.1, 0.15) is 33.2 Å². The molecule has 3 heterocycles. The zero-order valence-electron chi connectivity index (χ0n) is 23.5. The van der Waals surface area contributed by atoms with Crippen molar-refractivity contribution in [2.75, 3.05) is 24.5 Å². The second-order valence-corrected chi connectivity index (χ2v) is 13.6. The van der Waals surface area contributed by atoms with E-state index in [4.69, 9.17) is 21.1 Å². The highest BCUT2D eigenvalue weighted by atomic mass is 35.5. The van der Waals surface area contributed by atoms with Crippen LogP contribution < -0.4 is 4.72 Å². The molecule has 1 saturated heterocycles. The lowest BCUT2D eigenvalue weighted by atomic mass is 10.1. The average molecular weight is 668 g/mol. The summed E-state index contributed by atoms with van der Waals surface area (Å²) in [6, 6.07) is 6.60. The van der Waals surface area contributed by atoms with Crippen molar-refractivity contribution in [3.63, 3.8) is 0 Å². The fourth-order valence-electron chi connectivity index (χ4n) is 4.32. The van der Waals surface area contributed by atoms with Crippen LogP contribution in [0.1, 0.15) is 31.8 Å². The van der Waals surface area contributed by atoms with E-state index < -0.39 is 55.8 Å². The molecule has 0 bridgehead atoms. The number of amides is 1. The Morgan fingerprint density at radius 2 is 1.93 bits per heavy atom. The van der Waals surface area contributed by atoms with Crippen molar-refractivity contribution in [2.45, 2.75) is 37.3 Å². The summed E-state index contributed by atoms with van der Waals surface area (Å²) in [6.07, 6.45) is 0.820. The summed E-state index contributed by atoms with van der Waals surface area (Å²) in [5.41, 5.74) is -1.09. The molecule has 2 aromatic carbocycles. The molecule has 4 aromatic rings. The Hall–Kier alpha value is -3.79. The molecule has 0 spiro atoms. The minimum atomic E-state index is -4.74. The molecule has 1 unspecified atom stereocenters. The van der Waals surface area contributed by atoms with Gasteiger partial charge in [0, 0.05) is 18.3 Å². The van der Waals surface area contributed by atoms with Crippen molar-refractivity contribution < 1.29 is 35.9 Å². The van der Waals surface area contributed by atoms with Gasteiger partial charge in [0.15, 0.2) is 5.82 Å². The van der Waals surface area contributed by atoms with E-state index in [2.05, 4.69) is 15.0 Å². The highest BCUT2D eigenvalue weighted by Gasteiger charge is 2.35. The Bertz CT molecular complexity index is 1830. The van der Waals surface area contributed by atoms with Crippen LogP contribution in [0.2, 0.25) is 5.28 Å². The quantitative estimate of drug-likeness (QED) is 0.233. The number of sulfonamides is 1. The summed E-state index contributed by atoms with van der Waals surface area (Å²) in [7, 11) is -4.74. The lowest BCUT2D eigenvalue weighted by Gasteiger charge is -2.35. The van der Waals surface area contributed by atoms with Crippen molar-refractivity contribution in [2.24, 2.45) is 0 Å². The number of hydrogen-bond donors (Lipinski definition) is 1. The third-order valence-electron chi connectivity index (χ3n) is 6.22. The van der Waals surface area contributed by atoms with Gasteiger partial charge >= 0.3 is 6.09 Å². The SMILES string of the molecule is CC(C)(C)OC(=O)N1CCOCC1c1nc(-c2cccc(NS(=O)(=O)c3cc(F)ccc3F)c2F)c(-c2ccnc(Cl)n2)s1. The first-order valence-corrected chi connectivity index (χ1v) is 15.7. The third-order valence-corrected chi connectivity index (χ3v) is 8.97. The van der Waals surface area contributed by atoms with Gasteiger partial charge in [0.25, 0.3) is 10.0 Å². The molecule has 10 nitrogen and oxygen atoms in total. The largest absolute Gasteiger partial charge is 0.444 e. The molecule has 5 rings (SSSR count). The van der Waals surface area contributed by atoms with Crippen LogP contribution in [0.25, 0.3) is 21.8 Å². The first kappa shape index (κ1) is 31.6. The van der Waals surface area contributed by atoms with Crippen LogP contribution in [0.3, 0.4) is 0 Å². The standard InChI is InChI=1S/C28H25ClF3N5O5S2/c1-28(2,3)42-27(38)37-11-12-41-14-20(37)25-35-23(24(43-25)19-9-10-33-26(29)34-19)16-5-4-6-18(22(16)32)36-44(39,40)21-13-15(30)7-8-17(21)31/h4-10,13,20,36H,11-12,14H2,1-3H3. The van der Waals surface area contributed by atoms with Crippen LogP contribution in [-0.4, -0.2) is 59.7 Å². The van der Waals surface area contributed by atoms with Gasteiger partial charge in [-0.3, -0.25) is 9.62 Å². The van der Waals surface area contributed by atoms with Crippen LogP contribution in [0.5, 0.6) is 0 Å². The van der Waals surface area contributed by atoms with Crippen molar-refractivity contribution in [3.05, 3.63) is 76.4 Å². The maximum atomic E-state index is 16.1. The summed E-state index contributed by atoms with van der Waals surface area (Å²) in [4.78, 5) is 26.7. The molecule has 1 amide bonds. The number of ether oxygens (including phenoxy) is 2. The van der Waals surface area contributed by atoms with E-state index in [1.165, 1.54) is 29.3 Å². The number of aromatic nitrogens is 3. The molecular weight excluding hydrogens is 643 g/mol. The van der Waals surface area contributed by atoms with E-state index >= 15 is 4.39 Å². The van der Waals surface area contributed by atoms with Crippen LogP contribution in [0.15, 0.2) is 53.6 Å². The van der Waals surface area contributed by atoms with E-state index in [1.54, 1.807) is 20.8 Å². The fraction of sp³-hybridized carbons (Fsp3) is 0.286. The first-order chi connectivity index (χ1) is 20.7. The van der Waals surface area contributed by atoms with Gasteiger partial charge in [-0.05, 0) is 68.8 Å². The van der Waals surface area contributed by atoms with Crippen LogP contribution in [-0.2, 0) is 19.5 Å². The number of carbonyl (C=O) groups excluding carboxylic acids is 1. The van der Waals surface area contributed by atoms with Gasteiger partial charge in [-0.2, -0.15) is 0 Å². The molecule has 1 fully saturated rings. The van der Waals surface area contributed by atoms with Gasteiger partial charge in [0.05, 0.1) is 35.2 Å². The van der Waals surface area contributed by atoms with Crippen molar-refractivity contribution in [3.8, 4) is 21.8 Å². The molecule has 1 N–H and O–H groups in total. The summed E-state index contributed by atoms with van der Waals surface area (Å²) in [5, 5.41) is 0.279. The maximum Gasteiger partial charge on any atom is 0.411 e. The number of benzene rings is 2. The Kier molecular flexibility index (Phi) is 8.84. The Labute approximate surface area is 259 Å². The van der Waals surface area contributed by atoms with E-state index in [-0.39, 0.29) is 42.0 Å². The highest BCUT2D eigenvalue weighted by Crippen LogP contribution is 2.42. The predicted octanol–water partition coefficient (Wildman–Crippen LogP) is 6.45. The number of morpholine rings is 1. The smallest absolute Gasteiger partial charge is 0.411 e. The number of rotatable bonds is 6. The number of hydrogen-bond acceptors (Lipinski definition) is 9. The molecule has 0 saturated carbocycles. The number of carbonyl (C=O) groups is 1. The van der Waals surface area contributed by atoms with Crippen LogP contribution in [0, 0.1) is 17.5 Å². The number of anilines is 1. The molecule has 0 radical (unpaired) electrons. The predicted molar refractivity (Wildman–Crippen MR) is 157 cm³/mol. The van der Waals surface area contributed by atoms with Gasteiger partial charge in [-0.15, -0.1) is 11.3 Å². The van der Waals surface area contributed by atoms with E-state index in [1.807, 2.05) is 4.72 Å². The average Bonchev–Trinajstić information content (AvgIpc) is 3.39. The highest BCUT2D eigenvalue weighted by molar-refractivity contribution is 7.92. The molecule has 232 valence electrons. The van der Waals surface area contributed by atoms with Crippen LogP contribution in [0.4, 0.5) is 23.7 Å². The minimum absolute atomic E-state index is 0.0602. The third kappa shape index (κ3) is 6.80. The molecule has 44 heavy (non-hydrogen) atoms. The Morgan fingerprint density at radius 1 is 1.16 bits per heavy atom. The van der Waals surface area contributed by atoms with E-state index in [9.17, 15) is 22.0 Å². The minimum Gasteiger partial charge on any atom is -0.444 e. The van der Waals surface area contributed by atoms with Gasteiger partial charge in [-0.25, -0.2) is 41.3 Å². The second kappa shape index (κ2) is 12.3. The van der Waals surface area contributed by atoms with Gasteiger partial charge < -0.3 is 9.47 Å². The van der Waals surface area contributed by atoms with Crippen LogP contribution >= 0.6 is 22.9 Å². The molecule has 0 aliphatic carbocycles. The van der Waals surface area contributed by atoms with E-state index in [0.29, 0.717) is 22.0 Å². The second-order valence-electron chi connectivity index (χ2n) is 10.6. The number of nitrogens with one attached hydrogen (secondary N) is 1. The normalized spacial score (nSPS) is 15.7. The summed E-state index contributed by atoms with van der Waals surface area (Å²) < 4.78 is 83.2. The molecule has 16 heteroatoms. The number of nitrogens with zero attached hydrogens (tertiary/aromatic N) is 4. The van der Waals surface area contributed by atoms with Crippen molar-refractivity contribution in [1.29, 1.82) is 0 Å². The number of thiazole rings is 1.